The molecule has 114 valence electrons. The molecule has 1 unspecified atom stereocenters. The highest BCUT2D eigenvalue weighted by Gasteiger charge is 2.12. The Morgan fingerprint density at radius 2 is 1.95 bits per heavy atom. The van der Waals surface area contributed by atoms with E-state index in [-0.39, 0.29) is 0 Å². The van der Waals surface area contributed by atoms with Crippen molar-refractivity contribution in [1.82, 2.24) is 4.90 Å². The number of benzene rings is 1. The molecule has 1 aromatic rings. The van der Waals surface area contributed by atoms with E-state index in [9.17, 15) is 0 Å². The Labute approximate surface area is 123 Å². The Morgan fingerprint density at radius 3 is 2.50 bits per heavy atom. The first-order chi connectivity index (χ1) is 9.40. The van der Waals surface area contributed by atoms with Crippen LogP contribution in [0.1, 0.15) is 27.2 Å². The molecule has 0 aliphatic heterocycles. The van der Waals surface area contributed by atoms with E-state index in [0.29, 0.717) is 18.6 Å². The molecule has 0 aromatic heterocycles. The topological polar surface area (TPSA) is 50.5 Å². The number of hydrogen-bond acceptors (Lipinski definition) is 4. The summed E-state index contributed by atoms with van der Waals surface area (Å²) in [6, 6.07) is 6.24. The summed E-state index contributed by atoms with van der Waals surface area (Å²) in [6.45, 7) is 8.11. The van der Waals surface area contributed by atoms with Gasteiger partial charge in [0.25, 0.3) is 0 Å². The number of nitrogens with two attached hydrogens (primary N) is 1. The maximum Gasteiger partial charge on any atom is 0.123 e. The van der Waals surface area contributed by atoms with Gasteiger partial charge in [-0.15, -0.1) is 0 Å². The van der Waals surface area contributed by atoms with Crippen molar-refractivity contribution < 1.29 is 4.74 Å². The average Bonchev–Trinajstić information content (AvgIpc) is 2.26. The lowest BCUT2D eigenvalue weighted by Crippen LogP contribution is -2.33. The molecule has 0 aliphatic rings. The third-order valence-electron chi connectivity index (χ3n) is 2.95. The highest BCUT2D eigenvalue weighted by atomic mass is 16.5. The molecule has 0 spiro atoms. The number of nitrogens with zero attached hydrogens (tertiary/aromatic N) is 1. The largest absolute Gasteiger partial charge is 0.494 e. The standard InChI is InChI=1S/C16H29N3O/c1-6-20-16-9-13(17)8-14(10-16)18-15(7-12(2)3)11-19(4)5/h8-10,12,15,18H,6-7,11,17H2,1-5H3. The first-order valence-electron chi connectivity index (χ1n) is 7.35. The third-order valence-corrected chi connectivity index (χ3v) is 2.95. The zero-order valence-electron chi connectivity index (χ0n) is 13.4. The van der Waals surface area contributed by atoms with Gasteiger partial charge in [0.15, 0.2) is 0 Å². The number of ether oxygens (including phenoxy) is 1. The van der Waals surface area contributed by atoms with Crippen LogP contribution in [0.2, 0.25) is 0 Å². The predicted octanol–water partition coefficient (Wildman–Crippen LogP) is 3.06. The number of nitrogen functional groups attached to an aromatic ring is 1. The summed E-state index contributed by atoms with van der Waals surface area (Å²) < 4.78 is 5.54. The molecule has 0 aliphatic carbocycles. The van der Waals surface area contributed by atoms with Crippen molar-refractivity contribution in [3.8, 4) is 5.75 Å². The number of rotatable bonds is 8. The molecule has 4 heteroatoms. The van der Waals surface area contributed by atoms with Gasteiger partial charge in [-0.3, -0.25) is 0 Å². The van der Waals surface area contributed by atoms with Gasteiger partial charge in [-0.1, -0.05) is 13.8 Å². The van der Waals surface area contributed by atoms with Gasteiger partial charge in [0, 0.05) is 36.1 Å². The van der Waals surface area contributed by atoms with E-state index in [2.05, 4.69) is 38.2 Å². The van der Waals surface area contributed by atoms with Gasteiger partial charge in [0.05, 0.1) is 6.61 Å². The predicted molar refractivity (Wildman–Crippen MR) is 87.4 cm³/mol. The van der Waals surface area contributed by atoms with Gasteiger partial charge in [-0.25, -0.2) is 0 Å². The van der Waals surface area contributed by atoms with Crippen molar-refractivity contribution in [3.05, 3.63) is 18.2 Å². The molecule has 0 bridgehead atoms. The number of anilines is 2. The molecule has 1 aromatic carbocycles. The molecule has 0 radical (unpaired) electrons. The van der Waals surface area contributed by atoms with Crippen LogP contribution in [-0.4, -0.2) is 38.2 Å². The Kier molecular flexibility index (Phi) is 6.65. The molecule has 0 saturated heterocycles. The average molecular weight is 279 g/mol. The van der Waals surface area contributed by atoms with Crippen LogP contribution >= 0.6 is 0 Å². The van der Waals surface area contributed by atoms with Gasteiger partial charge in [-0.05, 0) is 39.4 Å². The first kappa shape index (κ1) is 16.6. The second-order valence-corrected chi connectivity index (χ2v) is 5.96. The van der Waals surface area contributed by atoms with Crippen LogP contribution in [0.15, 0.2) is 18.2 Å². The SMILES string of the molecule is CCOc1cc(N)cc(NC(CC(C)C)CN(C)C)c1. The van der Waals surface area contributed by atoms with Crippen LogP contribution in [0.5, 0.6) is 5.75 Å². The summed E-state index contributed by atoms with van der Waals surface area (Å²) in [5.74, 6) is 1.48. The molecule has 3 N–H and O–H groups in total. The van der Waals surface area contributed by atoms with Crippen molar-refractivity contribution in [2.75, 3.05) is 38.3 Å². The lowest BCUT2D eigenvalue weighted by molar-refractivity contribution is 0.340. The molecule has 1 rings (SSSR count). The maximum atomic E-state index is 5.94. The third kappa shape index (κ3) is 6.15. The zero-order valence-corrected chi connectivity index (χ0v) is 13.4. The summed E-state index contributed by atoms with van der Waals surface area (Å²) in [5.41, 5.74) is 7.69. The smallest absolute Gasteiger partial charge is 0.123 e. The summed E-state index contributed by atoms with van der Waals surface area (Å²) in [5, 5.41) is 3.58. The Bertz CT molecular complexity index is 395. The lowest BCUT2D eigenvalue weighted by Gasteiger charge is -2.25. The number of likely N-dealkylation sites (N-methyl/N-ethyl adjacent to an activating group) is 1. The lowest BCUT2D eigenvalue weighted by atomic mass is 10.0. The van der Waals surface area contributed by atoms with Crippen molar-refractivity contribution >= 4 is 11.4 Å². The molecule has 0 saturated carbocycles. The van der Waals surface area contributed by atoms with E-state index in [0.717, 1.165) is 30.1 Å². The molecule has 20 heavy (non-hydrogen) atoms. The number of hydrogen-bond donors (Lipinski definition) is 2. The minimum absolute atomic E-state index is 0.404. The molecular weight excluding hydrogens is 250 g/mol. The highest BCUT2D eigenvalue weighted by molar-refractivity contribution is 5.59. The van der Waals surface area contributed by atoms with E-state index in [1.54, 1.807) is 0 Å². The quantitative estimate of drug-likeness (QED) is 0.718. The van der Waals surface area contributed by atoms with Crippen LogP contribution < -0.4 is 15.8 Å². The molecule has 4 nitrogen and oxygen atoms in total. The fourth-order valence-corrected chi connectivity index (χ4v) is 2.38. The van der Waals surface area contributed by atoms with Gasteiger partial charge < -0.3 is 20.7 Å². The van der Waals surface area contributed by atoms with Crippen LogP contribution in [0, 0.1) is 5.92 Å². The Hall–Kier alpha value is -1.42. The van der Waals surface area contributed by atoms with Gasteiger partial charge in [-0.2, -0.15) is 0 Å². The summed E-state index contributed by atoms with van der Waals surface area (Å²) in [4.78, 5) is 2.20. The van der Waals surface area contributed by atoms with Crippen molar-refractivity contribution in [3.63, 3.8) is 0 Å². The normalized spacial score (nSPS) is 12.8. The maximum absolute atomic E-state index is 5.94. The van der Waals surface area contributed by atoms with Crippen LogP contribution in [0.25, 0.3) is 0 Å². The van der Waals surface area contributed by atoms with E-state index >= 15 is 0 Å². The molecular formula is C16H29N3O. The molecule has 0 amide bonds. The van der Waals surface area contributed by atoms with Crippen LogP contribution in [0.3, 0.4) is 0 Å². The Morgan fingerprint density at radius 1 is 1.25 bits per heavy atom. The first-order valence-corrected chi connectivity index (χ1v) is 7.35. The minimum Gasteiger partial charge on any atom is -0.494 e. The fraction of sp³-hybridized carbons (Fsp3) is 0.625. The summed E-state index contributed by atoms with van der Waals surface area (Å²) in [7, 11) is 4.19. The number of nitrogens with one attached hydrogen (secondary N) is 1. The van der Waals surface area contributed by atoms with Crippen LogP contribution in [0.4, 0.5) is 11.4 Å². The second kappa shape index (κ2) is 8.00. The van der Waals surface area contributed by atoms with Crippen molar-refractivity contribution in [1.29, 1.82) is 0 Å². The molecule has 0 heterocycles. The molecule has 1 atom stereocenters. The molecule has 0 fully saturated rings. The van der Waals surface area contributed by atoms with Gasteiger partial charge >= 0.3 is 0 Å². The van der Waals surface area contributed by atoms with E-state index in [4.69, 9.17) is 10.5 Å². The van der Waals surface area contributed by atoms with Crippen molar-refractivity contribution in [2.24, 2.45) is 5.92 Å². The highest BCUT2D eigenvalue weighted by Crippen LogP contribution is 2.24. The van der Waals surface area contributed by atoms with Gasteiger partial charge in [0.2, 0.25) is 0 Å². The van der Waals surface area contributed by atoms with E-state index in [1.807, 2.05) is 25.1 Å². The van der Waals surface area contributed by atoms with Gasteiger partial charge in [0.1, 0.15) is 5.75 Å². The zero-order chi connectivity index (χ0) is 15.1. The fourth-order valence-electron chi connectivity index (χ4n) is 2.38. The van der Waals surface area contributed by atoms with Crippen molar-refractivity contribution in [2.45, 2.75) is 33.2 Å². The van der Waals surface area contributed by atoms with E-state index < -0.39 is 0 Å². The minimum atomic E-state index is 0.404. The van der Waals surface area contributed by atoms with Crippen LogP contribution in [-0.2, 0) is 0 Å². The Balaban J connectivity index is 2.80. The summed E-state index contributed by atoms with van der Waals surface area (Å²) in [6.07, 6.45) is 1.12. The van der Waals surface area contributed by atoms with E-state index in [1.165, 1.54) is 0 Å². The monoisotopic (exact) mass is 279 g/mol. The summed E-state index contributed by atoms with van der Waals surface area (Å²) >= 11 is 0. The second-order valence-electron chi connectivity index (χ2n) is 5.96.